The largest absolute Gasteiger partial charge is 0.369 e. The van der Waals surface area contributed by atoms with Crippen molar-refractivity contribution >= 4 is 50.2 Å². The molecule has 0 saturated heterocycles. The lowest BCUT2D eigenvalue weighted by atomic mass is 10.2. The number of aromatic nitrogens is 9. The van der Waals surface area contributed by atoms with E-state index in [0.29, 0.717) is 34.9 Å². The van der Waals surface area contributed by atoms with Gasteiger partial charge < -0.3 is 16.0 Å². The van der Waals surface area contributed by atoms with Gasteiger partial charge >= 0.3 is 0 Å². The molecule has 240 valence electrons. The van der Waals surface area contributed by atoms with Crippen molar-refractivity contribution in [2.24, 2.45) is 0 Å². The third kappa shape index (κ3) is 6.24. The summed E-state index contributed by atoms with van der Waals surface area (Å²) in [5.41, 5.74) is 2.31. The number of fused-ring (bicyclic) bond motifs is 3. The molecule has 4 aromatic heterocycles. The summed E-state index contributed by atoms with van der Waals surface area (Å²) in [7, 11) is 0. The minimum absolute atomic E-state index is 0.264. The zero-order valence-electron chi connectivity index (χ0n) is 27.2. The lowest BCUT2D eigenvalue weighted by Gasteiger charge is -2.13. The minimum atomic E-state index is 0.264. The summed E-state index contributed by atoms with van der Waals surface area (Å²) in [6.07, 6.45) is 2.82. The average molecular weight is 637 g/mol. The molecular formula is C36H36N12. The Morgan fingerprint density at radius 1 is 0.354 bits per heavy atom. The highest BCUT2D eigenvalue weighted by molar-refractivity contribution is 5.92. The summed E-state index contributed by atoms with van der Waals surface area (Å²) in [6.45, 7) is 8.61. The summed E-state index contributed by atoms with van der Waals surface area (Å²) in [5, 5.41) is 13.1. The van der Waals surface area contributed by atoms with Gasteiger partial charge in [-0.3, -0.25) is 0 Å². The van der Waals surface area contributed by atoms with Crippen molar-refractivity contribution in [3.63, 3.8) is 0 Å². The maximum absolute atomic E-state index is 4.91. The van der Waals surface area contributed by atoms with Crippen molar-refractivity contribution in [3.05, 3.63) is 72.8 Å². The van der Waals surface area contributed by atoms with Crippen LogP contribution in [0.1, 0.15) is 40.0 Å². The molecule has 3 aromatic carbocycles. The molecule has 0 radical (unpaired) electrons. The Kier molecular flexibility index (Phi) is 8.86. The second-order valence-electron chi connectivity index (χ2n) is 11.3. The molecule has 0 aliphatic heterocycles. The van der Waals surface area contributed by atoms with Crippen LogP contribution in [0, 0.1) is 0 Å². The van der Waals surface area contributed by atoms with Gasteiger partial charge in [-0.2, -0.15) is 0 Å². The van der Waals surface area contributed by atoms with Crippen LogP contribution < -0.4 is 16.0 Å². The Bertz CT molecular complexity index is 1970. The number of hydrogen-bond donors (Lipinski definition) is 3. The molecule has 0 aliphatic carbocycles. The molecule has 0 aliphatic rings. The maximum atomic E-state index is 4.91. The zero-order valence-corrected chi connectivity index (χ0v) is 27.2. The fourth-order valence-corrected chi connectivity index (χ4v) is 5.34. The topological polar surface area (TPSA) is 152 Å². The molecule has 12 heteroatoms. The Morgan fingerprint density at radius 3 is 0.917 bits per heavy atom. The summed E-state index contributed by atoms with van der Waals surface area (Å²) in [6, 6.07) is 23.7. The predicted octanol–water partition coefficient (Wildman–Crippen LogP) is 7.17. The number of para-hydroxylation sites is 3. The van der Waals surface area contributed by atoms with Crippen LogP contribution in [-0.2, 0) is 0 Å². The zero-order chi connectivity index (χ0) is 32.9. The molecular weight excluding hydrogens is 600 g/mol. The van der Waals surface area contributed by atoms with Crippen molar-refractivity contribution in [2.45, 2.75) is 40.0 Å². The minimum Gasteiger partial charge on any atom is -0.369 e. The molecule has 7 rings (SSSR count). The van der Waals surface area contributed by atoms with Crippen LogP contribution in [0.4, 0.5) is 17.5 Å². The highest BCUT2D eigenvalue weighted by Crippen LogP contribution is 2.29. The Balaban J connectivity index is 1.47. The second-order valence-corrected chi connectivity index (χ2v) is 11.3. The quantitative estimate of drug-likeness (QED) is 0.125. The van der Waals surface area contributed by atoms with E-state index < -0.39 is 0 Å². The Hall–Kier alpha value is -5.91. The highest BCUT2D eigenvalue weighted by atomic mass is 15.2. The Labute approximate surface area is 278 Å². The first-order valence-corrected chi connectivity index (χ1v) is 16.4. The highest BCUT2D eigenvalue weighted by Gasteiger charge is 2.21. The van der Waals surface area contributed by atoms with Gasteiger partial charge in [-0.05, 0) is 55.7 Å². The SMILES string of the molecule is CCCNc1nc(-c2nc(-c3nc(NCCC)c4ccccc4n3)nc(-c3nc(NCCC)c4ccccc4n3)n2)nc2ccccc12. The van der Waals surface area contributed by atoms with Crippen LogP contribution in [0.2, 0.25) is 0 Å². The summed E-state index contributed by atoms with van der Waals surface area (Å²) >= 11 is 0. The average Bonchev–Trinajstić information content (AvgIpc) is 3.14. The number of hydrogen-bond acceptors (Lipinski definition) is 12. The van der Waals surface area contributed by atoms with E-state index in [1.54, 1.807) is 0 Å². The summed E-state index contributed by atoms with van der Waals surface area (Å²) < 4.78 is 0. The number of anilines is 3. The van der Waals surface area contributed by atoms with Gasteiger partial charge in [-0.25, -0.2) is 44.9 Å². The van der Waals surface area contributed by atoms with Gasteiger partial charge in [-0.15, -0.1) is 0 Å². The fourth-order valence-electron chi connectivity index (χ4n) is 5.34. The van der Waals surface area contributed by atoms with E-state index in [-0.39, 0.29) is 17.5 Å². The van der Waals surface area contributed by atoms with Gasteiger partial charge in [0.05, 0.1) is 16.6 Å². The standard InChI is InChI=1S/C36H36N12/c1-4-19-37-28-22-13-7-10-16-25(22)40-31(43-28)34-46-35(32-41-26-17-11-8-14-23(26)29(44-32)38-20-5-2)48-36(47-34)33-42-27-18-12-9-15-24(27)30(45-33)39-21-6-3/h7-18H,4-6,19-21H2,1-3H3,(H,37,40,43)(H,38,41,44)(H,39,42,45). The van der Waals surface area contributed by atoms with E-state index in [1.807, 2.05) is 72.8 Å². The summed E-state index contributed by atoms with van der Waals surface area (Å²) in [5.74, 6) is 3.94. The van der Waals surface area contributed by atoms with E-state index in [4.69, 9.17) is 44.9 Å². The molecule has 0 bridgehead atoms. The predicted molar refractivity (Wildman–Crippen MR) is 192 cm³/mol. The molecule has 7 aromatic rings. The molecule has 0 spiro atoms. The lowest BCUT2D eigenvalue weighted by molar-refractivity contribution is 0.956. The molecule has 0 saturated carbocycles. The van der Waals surface area contributed by atoms with Crippen LogP contribution >= 0.6 is 0 Å². The van der Waals surface area contributed by atoms with Gasteiger partial charge in [0, 0.05) is 35.8 Å². The first-order valence-electron chi connectivity index (χ1n) is 16.4. The molecule has 48 heavy (non-hydrogen) atoms. The molecule has 0 amide bonds. The van der Waals surface area contributed by atoms with Crippen LogP contribution in [0.3, 0.4) is 0 Å². The summed E-state index contributed by atoms with van der Waals surface area (Å²) in [4.78, 5) is 44.1. The third-order valence-electron chi connectivity index (χ3n) is 7.67. The smallest absolute Gasteiger partial charge is 0.202 e. The third-order valence-corrected chi connectivity index (χ3v) is 7.67. The number of rotatable bonds is 12. The van der Waals surface area contributed by atoms with E-state index >= 15 is 0 Å². The van der Waals surface area contributed by atoms with Crippen LogP contribution in [0.25, 0.3) is 67.7 Å². The van der Waals surface area contributed by atoms with Gasteiger partial charge in [-0.1, -0.05) is 57.2 Å². The number of nitrogens with zero attached hydrogens (tertiary/aromatic N) is 9. The maximum Gasteiger partial charge on any atom is 0.202 e. The van der Waals surface area contributed by atoms with Crippen molar-refractivity contribution in [3.8, 4) is 34.9 Å². The van der Waals surface area contributed by atoms with Gasteiger partial charge in [0.1, 0.15) is 17.5 Å². The first-order chi connectivity index (χ1) is 23.6. The van der Waals surface area contributed by atoms with Gasteiger partial charge in [0.25, 0.3) is 0 Å². The molecule has 4 heterocycles. The van der Waals surface area contributed by atoms with Gasteiger partial charge in [0.2, 0.25) is 17.5 Å². The Morgan fingerprint density at radius 2 is 0.625 bits per heavy atom. The van der Waals surface area contributed by atoms with E-state index in [1.165, 1.54) is 0 Å². The number of benzene rings is 3. The first kappa shape index (κ1) is 30.7. The normalized spacial score (nSPS) is 11.3. The van der Waals surface area contributed by atoms with Crippen LogP contribution in [0.15, 0.2) is 72.8 Å². The van der Waals surface area contributed by atoms with E-state index in [9.17, 15) is 0 Å². The molecule has 0 atom stereocenters. The van der Waals surface area contributed by atoms with Crippen LogP contribution in [-0.4, -0.2) is 64.5 Å². The van der Waals surface area contributed by atoms with E-state index in [0.717, 1.165) is 71.6 Å². The van der Waals surface area contributed by atoms with Gasteiger partial charge in [0.15, 0.2) is 17.5 Å². The monoisotopic (exact) mass is 636 g/mol. The molecule has 0 unspecified atom stereocenters. The number of nitrogens with one attached hydrogen (secondary N) is 3. The molecule has 0 fully saturated rings. The van der Waals surface area contributed by atoms with E-state index in [2.05, 4.69) is 36.7 Å². The van der Waals surface area contributed by atoms with Crippen molar-refractivity contribution in [2.75, 3.05) is 35.6 Å². The van der Waals surface area contributed by atoms with Crippen molar-refractivity contribution in [1.29, 1.82) is 0 Å². The van der Waals surface area contributed by atoms with Crippen molar-refractivity contribution in [1.82, 2.24) is 44.9 Å². The molecule has 12 nitrogen and oxygen atoms in total. The second kappa shape index (κ2) is 13.8. The fraction of sp³-hybridized carbons (Fsp3) is 0.250. The van der Waals surface area contributed by atoms with Crippen molar-refractivity contribution < 1.29 is 0 Å². The lowest BCUT2D eigenvalue weighted by Crippen LogP contribution is -2.10. The van der Waals surface area contributed by atoms with Crippen LogP contribution in [0.5, 0.6) is 0 Å². The molecule has 3 N–H and O–H groups in total.